The molecular weight excluding hydrogens is 320 g/mol. The van der Waals surface area contributed by atoms with Crippen molar-refractivity contribution in [3.63, 3.8) is 0 Å². The molecule has 0 bridgehead atoms. The zero-order valence-electron chi connectivity index (χ0n) is 12.0. The SMILES string of the molecule is COC(=O)c1ccc(COC2CCC(C)CC2)c(Br)c1. The van der Waals surface area contributed by atoms with Gasteiger partial charge < -0.3 is 9.47 Å². The Morgan fingerprint density at radius 2 is 2.00 bits per heavy atom. The molecule has 0 heterocycles. The van der Waals surface area contributed by atoms with Gasteiger partial charge in [-0.25, -0.2) is 4.79 Å². The van der Waals surface area contributed by atoms with Crippen molar-refractivity contribution >= 4 is 21.9 Å². The van der Waals surface area contributed by atoms with Gasteiger partial charge in [0, 0.05) is 4.47 Å². The van der Waals surface area contributed by atoms with Crippen LogP contribution in [0.4, 0.5) is 0 Å². The summed E-state index contributed by atoms with van der Waals surface area (Å²) in [5, 5.41) is 0. The van der Waals surface area contributed by atoms with Crippen LogP contribution in [0, 0.1) is 5.92 Å². The van der Waals surface area contributed by atoms with E-state index in [-0.39, 0.29) is 5.97 Å². The van der Waals surface area contributed by atoms with Gasteiger partial charge in [0.05, 0.1) is 25.4 Å². The molecule has 0 spiro atoms. The van der Waals surface area contributed by atoms with Gasteiger partial charge in [0.2, 0.25) is 0 Å². The molecule has 0 aliphatic heterocycles. The Morgan fingerprint density at radius 3 is 2.60 bits per heavy atom. The van der Waals surface area contributed by atoms with Crippen molar-refractivity contribution < 1.29 is 14.3 Å². The van der Waals surface area contributed by atoms with Crippen molar-refractivity contribution in [2.75, 3.05) is 7.11 Å². The van der Waals surface area contributed by atoms with Crippen LogP contribution in [0.3, 0.4) is 0 Å². The van der Waals surface area contributed by atoms with Gasteiger partial charge in [-0.3, -0.25) is 0 Å². The molecule has 0 N–H and O–H groups in total. The summed E-state index contributed by atoms with van der Waals surface area (Å²) in [7, 11) is 1.39. The van der Waals surface area contributed by atoms with Gasteiger partial charge in [0.25, 0.3) is 0 Å². The van der Waals surface area contributed by atoms with Crippen molar-refractivity contribution in [3.8, 4) is 0 Å². The summed E-state index contributed by atoms with van der Waals surface area (Å²) in [6.45, 7) is 2.89. The number of carbonyl (C=O) groups excluding carboxylic acids is 1. The highest BCUT2D eigenvalue weighted by Gasteiger charge is 2.19. The van der Waals surface area contributed by atoms with Crippen molar-refractivity contribution in [3.05, 3.63) is 33.8 Å². The van der Waals surface area contributed by atoms with Gasteiger partial charge in [-0.15, -0.1) is 0 Å². The van der Waals surface area contributed by atoms with E-state index in [0.29, 0.717) is 18.3 Å². The summed E-state index contributed by atoms with van der Waals surface area (Å²) >= 11 is 3.49. The predicted molar refractivity (Wildman–Crippen MR) is 81.7 cm³/mol. The fraction of sp³-hybridized carbons (Fsp3) is 0.562. The van der Waals surface area contributed by atoms with Crippen LogP contribution in [0.2, 0.25) is 0 Å². The summed E-state index contributed by atoms with van der Waals surface area (Å²) in [6.07, 6.45) is 5.19. The number of benzene rings is 1. The molecular formula is C16H21BrO3. The molecule has 0 aromatic heterocycles. The molecule has 3 nitrogen and oxygen atoms in total. The maximum Gasteiger partial charge on any atom is 0.337 e. The van der Waals surface area contributed by atoms with E-state index in [1.165, 1.54) is 20.0 Å². The molecule has 1 fully saturated rings. The van der Waals surface area contributed by atoms with Crippen molar-refractivity contribution in [1.29, 1.82) is 0 Å². The number of methoxy groups -OCH3 is 1. The largest absolute Gasteiger partial charge is 0.465 e. The topological polar surface area (TPSA) is 35.5 Å². The zero-order chi connectivity index (χ0) is 14.5. The lowest BCUT2D eigenvalue weighted by Gasteiger charge is -2.26. The Balaban J connectivity index is 1.91. The average Bonchev–Trinajstić information content (AvgIpc) is 2.46. The van der Waals surface area contributed by atoms with E-state index < -0.39 is 0 Å². The number of hydrogen-bond donors (Lipinski definition) is 0. The molecule has 2 rings (SSSR count). The first-order chi connectivity index (χ1) is 9.60. The second-order valence-corrected chi connectivity index (χ2v) is 6.34. The lowest BCUT2D eigenvalue weighted by Crippen LogP contribution is -2.20. The van der Waals surface area contributed by atoms with Crippen LogP contribution >= 0.6 is 15.9 Å². The fourth-order valence-corrected chi connectivity index (χ4v) is 3.01. The van der Waals surface area contributed by atoms with Gasteiger partial charge >= 0.3 is 5.97 Å². The minimum absolute atomic E-state index is 0.320. The third kappa shape index (κ3) is 4.06. The van der Waals surface area contributed by atoms with Gasteiger partial charge in [0.15, 0.2) is 0 Å². The van der Waals surface area contributed by atoms with E-state index in [9.17, 15) is 4.79 Å². The Bertz CT molecular complexity index is 465. The number of carbonyl (C=O) groups is 1. The molecule has 1 aromatic rings. The summed E-state index contributed by atoms with van der Waals surface area (Å²) in [6, 6.07) is 5.48. The van der Waals surface area contributed by atoms with Crippen LogP contribution in [0.25, 0.3) is 0 Å². The Labute approximate surface area is 128 Å². The summed E-state index contributed by atoms with van der Waals surface area (Å²) in [4.78, 5) is 11.4. The van der Waals surface area contributed by atoms with Gasteiger partial charge in [-0.2, -0.15) is 0 Å². The number of rotatable bonds is 4. The minimum atomic E-state index is -0.320. The van der Waals surface area contributed by atoms with Gasteiger partial charge in [0.1, 0.15) is 0 Å². The van der Waals surface area contributed by atoms with Crippen molar-refractivity contribution in [2.24, 2.45) is 5.92 Å². The molecule has 0 amide bonds. The van der Waals surface area contributed by atoms with Crippen LogP contribution in [-0.2, 0) is 16.1 Å². The molecule has 1 aliphatic rings. The lowest BCUT2D eigenvalue weighted by atomic mass is 9.89. The monoisotopic (exact) mass is 340 g/mol. The first kappa shape index (κ1) is 15.5. The van der Waals surface area contributed by atoms with Gasteiger partial charge in [-0.1, -0.05) is 28.9 Å². The number of esters is 1. The quantitative estimate of drug-likeness (QED) is 0.765. The van der Waals surface area contributed by atoms with Crippen LogP contribution in [0.5, 0.6) is 0 Å². The molecule has 1 aromatic carbocycles. The maximum atomic E-state index is 11.4. The van der Waals surface area contributed by atoms with Gasteiger partial charge in [-0.05, 0) is 49.3 Å². The van der Waals surface area contributed by atoms with E-state index in [0.717, 1.165) is 28.8 Å². The van der Waals surface area contributed by atoms with Crippen LogP contribution in [0.15, 0.2) is 22.7 Å². The molecule has 0 unspecified atom stereocenters. The van der Waals surface area contributed by atoms with Crippen LogP contribution in [0.1, 0.15) is 48.5 Å². The molecule has 4 heteroatoms. The summed E-state index contributed by atoms with van der Waals surface area (Å²) in [5.41, 5.74) is 1.62. The van der Waals surface area contributed by atoms with E-state index in [4.69, 9.17) is 9.47 Å². The molecule has 0 atom stereocenters. The first-order valence-electron chi connectivity index (χ1n) is 7.08. The fourth-order valence-electron chi connectivity index (χ4n) is 2.51. The van der Waals surface area contributed by atoms with E-state index in [2.05, 4.69) is 22.9 Å². The smallest absolute Gasteiger partial charge is 0.337 e. The minimum Gasteiger partial charge on any atom is -0.465 e. The Morgan fingerprint density at radius 1 is 1.30 bits per heavy atom. The summed E-state index contributed by atoms with van der Waals surface area (Å²) < 4.78 is 11.6. The Kier molecular flexibility index (Phi) is 5.61. The second kappa shape index (κ2) is 7.23. The number of ether oxygens (including phenoxy) is 2. The number of halogens is 1. The molecule has 110 valence electrons. The highest BCUT2D eigenvalue weighted by Crippen LogP contribution is 2.27. The van der Waals surface area contributed by atoms with Crippen molar-refractivity contribution in [2.45, 2.75) is 45.3 Å². The first-order valence-corrected chi connectivity index (χ1v) is 7.87. The van der Waals surface area contributed by atoms with Crippen LogP contribution in [-0.4, -0.2) is 19.2 Å². The molecule has 20 heavy (non-hydrogen) atoms. The maximum absolute atomic E-state index is 11.4. The number of hydrogen-bond acceptors (Lipinski definition) is 3. The molecule has 1 aliphatic carbocycles. The average molecular weight is 341 g/mol. The standard InChI is InChI=1S/C16H21BrO3/c1-11-3-7-14(8-4-11)20-10-13-6-5-12(9-15(13)17)16(18)19-2/h5-6,9,11,14H,3-4,7-8,10H2,1-2H3. The third-order valence-electron chi connectivity index (χ3n) is 3.91. The lowest BCUT2D eigenvalue weighted by molar-refractivity contribution is 0.00851. The van der Waals surface area contributed by atoms with E-state index >= 15 is 0 Å². The molecule has 0 radical (unpaired) electrons. The highest BCUT2D eigenvalue weighted by atomic mass is 79.9. The van der Waals surface area contributed by atoms with Crippen molar-refractivity contribution in [1.82, 2.24) is 0 Å². The zero-order valence-corrected chi connectivity index (χ0v) is 13.6. The predicted octanol–water partition coefficient (Wildman–Crippen LogP) is 4.33. The summed E-state index contributed by atoms with van der Waals surface area (Å²) in [5.74, 6) is 0.514. The molecule has 1 saturated carbocycles. The normalized spacial score (nSPS) is 22.6. The van der Waals surface area contributed by atoms with E-state index in [1.807, 2.05) is 6.07 Å². The molecule has 0 saturated heterocycles. The third-order valence-corrected chi connectivity index (χ3v) is 4.65. The highest BCUT2D eigenvalue weighted by molar-refractivity contribution is 9.10. The second-order valence-electron chi connectivity index (χ2n) is 5.49. The van der Waals surface area contributed by atoms with Crippen LogP contribution < -0.4 is 0 Å². The van der Waals surface area contributed by atoms with E-state index in [1.54, 1.807) is 12.1 Å². The Hall–Kier alpha value is -0.870.